The third kappa shape index (κ3) is 4.65. The van der Waals surface area contributed by atoms with Gasteiger partial charge in [-0.2, -0.15) is 0 Å². The van der Waals surface area contributed by atoms with Crippen LogP contribution in [0.2, 0.25) is 0 Å². The fraction of sp³-hybridized carbons (Fsp3) is 0.391. The molecule has 29 heavy (non-hydrogen) atoms. The Hall–Kier alpha value is -2.73. The molecule has 1 saturated carbocycles. The van der Waals surface area contributed by atoms with E-state index >= 15 is 0 Å². The van der Waals surface area contributed by atoms with Gasteiger partial charge in [0.25, 0.3) is 0 Å². The smallest absolute Gasteiger partial charge is 0.244 e. The first-order valence-electron chi connectivity index (χ1n) is 10.2. The van der Waals surface area contributed by atoms with Crippen molar-refractivity contribution < 1.29 is 9.18 Å². The fourth-order valence-corrected chi connectivity index (χ4v) is 4.49. The second kappa shape index (κ2) is 8.33. The van der Waals surface area contributed by atoms with E-state index in [1.165, 1.54) is 23.8 Å². The van der Waals surface area contributed by atoms with E-state index in [1.54, 1.807) is 18.3 Å². The van der Waals surface area contributed by atoms with Crippen molar-refractivity contribution in [3.05, 3.63) is 65.6 Å². The zero-order valence-corrected chi connectivity index (χ0v) is 16.6. The number of likely N-dealkylation sites (tertiary alicyclic amines) is 1. The average Bonchev–Trinajstić information content (AvgIpc) is 3.16. The number of fused-ring (bicyclic) bond motifs is 1. The second-order valence-corrected chi connectivity index (χ2v) is 8.10. The van der Waals surface area contributed by atoms with Gasteiger partial charge in [-0.25, -0.2) is 9.37 Å². The maximum absolute atomic E-state index is 13.1. The number of hydrogen-bond acceptors (Lipinski definition) is 4. The van der Waals surface area contributed by atoms with Gasteiger partial charge in [0.15, 0.2) is 0 Å². The summed E-state index contributed by atoms with van der Waals surface area (Å²) in [6, 6.07) is 10.7. The van der Waals surface area contributed by atoms with E-state index in [2.05, 4.69) is 22.1 Å². The molecule has 2 heterocycles. The van der Waals surface area contributed by atoms with Gasteiger partial charge in [-0.1, -0.05) is 12.1 Å². The predicted molar refractivity (Wildman–Crippen MR) is 112 cm³/mol. The zero-order chi connectivity index (χ0) is 20.4. The molecule has 0 bridgehead atoms. The highest BCUT2D eigenvalue weighted by Gasteiger charge is 2.55. The van der Waals surface area contributed by atoms with Crippen molar-refractivity contribution >= 4 is 17.8 Å². The Morgan fingerprint density at radius 1 is 1.28 bits per heavy atom. The molecule has 0 spiro atoms. The summed E-state index contributed by atoms with van der Waals surface area (Å²) >= 11 is 0. The van der Waals surface area contributed by atoms with E-state index in [-0.39, 0.29) is 11.7 Å². The Kier molecular flexibility index (Phi) is 5.62. The summed E-state index contributed by atoms with van der Waals surface area (Å²) < 4.78 is 13.1. The Bertz CT molecular complexity index is 869. The van der Waals surface area contributed by atoms with Crippen LogP contribution < -0.4 is 11.1 Å². The lowest BCUT2D eigenvalue weighted by molar-refractivity contribution is -0.116. The molecule has 1 aliphatic heterocycles. The molecule has 2 aromatic rings. The van der Waals surface area contributed by atoms with Crippen molar-refractivity contribution in [1.29, 1.82) is 0 Å². The van der Waals surface area contributed by atoms with Gasteiger partial charge in [-0.05, 0) is 72.6 Å². The summed E-state index contributed by atoms with van der Waals surface area (Å²) in [7, 11) is 0. The summed E-state index contributed by atoms with van der Waals surface area (Å²) in [5.74, 6) is 2.35. The molecule has 3 N–H and O–H groups in total. The molecule has 152 valence electrons. The van der Waals surface area contributed by atoms with E-state index in [4.69, 9.17) is 5.73 Å². The number of aromatic nitrogens is 1. The van der Waals surface area contributed by atoms with Gasteiger partial charge in [-0.15, -0.1) is 0 Å². The molecule has 1 saturated heterocycles. The number of nitrogens with one attached hydrogen (secondary N) is 1. The molecule has 4 atom stereocenters. The van der Waals surface area contributed by atoms with Gasteiger partial charge in [0.05, 0.1) is 0 Å². The first kappa shape index (κ1) is 19.6. The van der Waals surface area contributed by atoms with E-state index < -0.39 is 0 Å². The molecule has 6 heteroatoms. The minimum absolute atomic E-state index is 0.0841. The number of nitrogen functional groups attached to an aromatic ring is 1. The number of pyridine rings is 1. The Balaban J connectivity index is 1.17. The van der Waals surface area contributed by atoms with Crippen LogP contribution in [0.25, 0.3) is 6.08 Å². The number of benzene rings is 1. The summed E-state index contributed by atoms with van der Waals surface area (Å²) in [5.41, 5.74) is 7.56. The van der Waals surface area contributed by atoms with Gasteiger partial charge in [0.2, 0.25) is 5.91 Å². The number of nitrogens with zero attached hydrogens (tertiary/aromatic N) is 2. The molecular weight excluding hydrogens is 367 g/mol. The first-order valence-corrected chi connectivity index (χ1v) is 10.2. The van der Waals surface area contributed by atoms with Crippen LogP contribution in [-0.2, 0) is 4.79 Å². The zero-order valence-electron chi connectivity index (χ0n) is 16.6. The van der Waals surface area contributed by atoms with E-state index in [9.17, 15) is 9.18 Å². The number of halogens is 1. The van der Waals surface area contributed by atoms with Gasteiger partial charge < -0.3 is 11.1 Å². The monoisotopic (exact) mass is 394 g/mol. The van der Waals surface area contributed by atoms with Crippen LogP contribution in [0.5, 0.6) is 0 Å². The van der Waals surface area contributed by atoms with Gasteiger partial charge in [-0.3, -0.25) is 9.69 Å². The molecule has 2 fully saturated rings. The van der Waals surface area contributed by atoms with Crippen LogP contribution in [-0.4, -0.2) is 35.4 Å². The number of carbonyl (C=O) groups is 1. The number of hydrogen-bond donors (Lipinski definition) is 2. The van der Waals surface area contributed by atoms with Crippen LogP contribution in [0, 0.1) is 23.6 Å². The van der Waals surface area contributed by atoms with Crippen molar-refractivity contribution in [2.24, 2.45) is 17.8 Å². The summed E-state index contributed by atoms with van der Waals surface area (Å²) in [4.78, 5) is 18.5. The van der Waals surface area contributed by atoms with Crippen LogP contribution in [0.1, 0.15) is 30.5 Å². The third-order valence-electron chi connectivity index (χ3n) is 6.31. The van der Waals surface area contributed by atoms with Crippen molar-refractivity contribution in [1.82, 2.24) is 15.2 Å². The van der Waals surface area contributed by atoms with Crippen LogP contribution in [0.4, 0.5) is 10.2 Å². The highest BCUT2D eigenvalue weighted by molar-refractivity contribution is 5.91. The lowest BCUT2D eigenvalue weighted by Crippen LogP contribution is -2.29. The lowest BCUT2D eigenvalue weighted by Gasteiger charge is -2.27. The molecule has 1 aliphatic carbocycles. The molecule has 2 aliphatic rings. The molecule has 1 aromatic heterocycles. The molecule has 1 unspecified atom stereocenters. The topological polar surface area (TPSA) is 71.2 Å². The number of amides is 1. The Labute approximate surface area is 170 Å². The second-order valence-electron chi connectivity index (χ2n) is 8.10. The maximum atomic E-state index is 13.1. The van der Waals surface area contributed by atoms with Crippen molar-refractivity contribution in [3.8, 4) is 0 Å². The molecular formula is C23H27FN4O. The summed E-state index contributed by atoms with van der Waals surface area (Å²) in [6.45, 7) is 5.07. The largest absolute Gasteiger partial charge is 0.384 e. The molecule has 4 rings (SSSR count). The standard InChI is InChI=1S/C23H27FN4O/c1-15(17-4-6-18(24)7-5-17)28-13-20-19(21(20)14-28)10-11-26-23(29)9-3-16-2-8-22(25)27-12-16/h2-9,12,15,19-21H,10-11,13-14H2,1H3,(H2,25,27)(H,26,29)/b9-3+/t15?,19-,20-,21+. The quantitative estimate of drug-likeness (QED) is 0.707. The SMILES string of the molecule is CC(c1ccc(F)cc1)N1C[C@@H]2[C@@H](CCNC(=O)/C=C/c3ccc(N)nc3)[C@@H]2C1. The summed E-state index contributed by atoms with van der Waals surface area (Å²) in [6.07, 6.45) is 5.94. The fourth-order valence-electron chi connectivity index (χ4n) is 4.49. The third-order valence-corrected chi connectivity index (χ3v) is 6.31. The van der Waals surface area contributed by atoms with Gasteiger partial charge in [0, 0.05) is 37.9 Å². The van der Waals surface area contributed by atoms with E-state index in [1.807, 2.05) is 18.2 Å². The minimum Gasteiger partial charge on any atom is -0.384 e. The number of carbonyl (C=O) groups excluding carboxylic acids is 1. The van der Waals surface area contributed by atoms with Crippen molar-refractivity contribution in [2.45, 2.75) is 19.4 Å². The molecule has 1 aromatic carbocycles. The normalized spacial score (nSPS) is 24.4. The molecule has 1 amide bonds. The van der Waals surface area contributed by atoms with Crippen LogP contribution >= 0.6 is 0 Å². The van der Waals surface area contributed by atoms with Crippen LogP contribution in [0.3, 0.4) is 0 Å². The summed E-state index contributed by atoms with van der Waals surface area (Å²) in [5, 5.41) is 2.97. The minimum atomic E-state index is -0.188. The number of rotatable bonds is 7. The Morgan fingerprint density at radius 3 is 2.66 bits per heavy atom. The maximum Gasteiger partial charge on any atom is 0.244 e. The predicted octanol–water partition coefficient (Wildman–Crippen LogP) is 3.26. The lowest BCUT2D eigenvalue weighted by atomic mass is 10.1. The van der Waals surface area contributed by atoms with Crippen molar-refractivity contribution in [2.75, 3.05) is 25.4 Å². The molecule has 5 nitrogen and oxygen atoms in total. The van der Waals surface area contributed by atoms with E-state index in [0.717, 1.165) is 36.9 Å². The number of anilines is 1. The van der Waals surface area contributed by atoms with E-state index in [0.29, 0.717) is 24.3 Å². The van der Waals surface area contributed by atoms with Gasteiger partial charge in [0.1, 0.15) is 11.6 Å². The number of nitrogens with two attached hydrogens (primary N) is 1. The van der Waals surface area contributed by atoms with Gasteiger partial charge >= 0.3 is 0 Å². The highest BCUT2D eigenvalue weighted by atomic mass is 19.1. The number of piperidine rings is 1. The molecule has 0 radical (unpaired) electrons. The van der Waals surface area contributed by atoms with Crippen molar-refractivity contribution in [3.63, 3.8) is 0 Å². The van der Waals surface area contributed by atoms with Crippen LogP contribution in [0.15, 0.2) is 48.7 Å². The Morgan fingerprint density at radius 2 is 2.00 bits per heavy atom. The average molecular weight is 394 g/mol. The first-order chi connectivity index (χ1) is 14.0. The highest BCUT2D eigenvalue weighted by Crippen LogP contribution is 2.54.